The second-order valence-electron chi connectivity index (χ2n) is 10.1. The number of hydrogen-bond acceptors (Lipinski definition) is 3. The van der Waals surface area contributed by atoms with Crippen molar-refractivity contribution >= 4 is 6.08 Å². The zero-order valence-corrected chi connectivity index (χ0v) is 18.9. The molecular formula is C28H32O3. The highest BCUT2D eigenvalue weighted by Gasteiger charge is 2.77. The van der Waals surface area contributed by atoms with Gasteiger partial charge in [0, 0.05) is 16.9 Å². The van der Waals surface area contributed by atoms with E-state index in [1.165, 1.54) is 5.56 Å². The van der Waals surface area contributed by atoms with Gasteiger partial charge in [-0.15, -0.1) is 6.58 Å². The van der Waals surface area contributed by atoms with E-state index in [-0.39, 0.29) is 22.2 Å². The molecule has 31 heavy (non-hydrogen) atoms. The molecule has 2 aromatic carbocycles. The summed E-state index contributed by atoms with van der Waals surface area (Å²) in [4.78, 5) is 0. The number of methoxy groups -OCH3 is 1. The smallest absolute Gasteiger partial charge is 0.168 e. The lowest BCUT2D eigenvalue weighted by atomic mass is 9.36. The van der Waals surface area contributed by atoms with E-state index in [2.05, 4.69) is 51.6 Å². The Bertz CT molecular complexity index is 1070. The van der Waals surface area contributed by atoms with Crippen molar-refractivity contribution in [1.29, 1.82) is 0 Å². The third kappa shape index (κ3) is 2.46. The fourth-order valence-electron chi connectivity index (χ4n) is 7.09. The number of fused-ring (bicyclic) bond motifs is 2. The summed E-state index contributed by atoms with van der Waals surface area (Å²) in [5.74, 6) is 2.46. The molecule has 0 amide bonds. The third-order valence-electron chi connectivity index (χ3n) is 8.52. The van der Waals surface area contributed by atoms with Gasteiger partial charge >= 0.3 is 0 Å². The van der Waals surface area contributed by atoms with E-state index < -0.39 is 0 Å². The van der Waals surface area contributed by atoms with Gasteiger partial charge in [0.05, 0.1) is 12.7 Å². The van der Waals surface area contributed by atoms with Gasteiger partial charge in [-0.05, 0) is 49.1 Å². The average molecular weight is 417 g/mol. The molecule has 0 saturated heterocycles. The highest BCUT2D eigenvalue weighted by atomic mass is 16.5. The molecule has 2 unspecified atom stereocenters. The summed E-state index contributed by atoms with van der Waals surface area (Å²) < 4.78 is 12.5. The van der Waals surface area contributed by atoms with Gasteiger partial charge in [0.1, 0.15) is 11.4 Å². The van der Waals surface area contributed by atoms with Crippen molar-refractivity contribution in [2.24, 2.45) is 17.3 Å². The second kappa shape index (κ2) is 6.66. The summed E-state index contributed by atoms with van der Waals surface area (Å²) in [7, 11) is 1.63. The van der Waals surface area contributed by atoms with Crippen LogP contribution in [0, 0.1) is 17.3 Å². The SMILES string of the molecule is C=C[C@]12c3c(cc(/C=C/Cc4ccccc4)c(O)c3OC)O[C@@]3(C)CCC(C13)C2(C)C. The molecule has 3 nitrogen and oxygen atoms in total. The fourth-order valence-corrected chi connectivity index (χ4v) is 7.09. The minimum Gasteiger partial charge on any atom is -0.504 e. The molecule has 1 N–H and O–H groups in total. The standard InChI is InChI=1S/C28H32O3/c1-6-28-22-21(31-27(4)16-15-20(25(27)28)26(28,2)3)17-19(23(29)24(22)30-5)14-10-13-18-11-8-7-9-12-18/h6-12,14,17,20,25,29H,1,13,15-16H2,2-5H3/b14-10+/t20?,25?,27-,28-/m0/s1. The number of phenols is 1. The van der Waals surface area contributed by atoms with E-state index in [4.69, 9.17) is 9.47 Å². The van der Waals surface area contributed by atoms with E-state index in [0.29, 0.717) is 17.6 Å². The first-order chi connectivity index (χ1) is 14.8. The van der Waals surface area contributed by atoms with Gasteiger partial charge in [-0.1, -0.05) is 62.4 Å². The Kier molecular flexibility index (Phi) is 4.35. The topological polar surface area (TPSA) is 38.7 Å². The maximum Gasteiger partial charge on any atom is 0.168 e. The number of aromatic hydroxyl groups is 1. The van der Waals surface area contributed by atoms with E-state index in [1.54, 1.807) is 7.11 Å². The van der Waals surface area contributed by atoms with Gasteiger partial charge < -0.3 is 14.6 Å². The van der Waals surface area contributed by atoms with Crippen LogP contribution >= 0.6 is 0 Å². The first-order valence-corrected chi connectivity index (χ1v) is 11.3. The van der Waals surface area contributed by atoms with Crippen molar-refractivity contribution in [3.05, 3.63) is 71.8 Å². The maximum absolute atomic E-state index is 11.2. The van der Waals surface area contributed by atoms with Crippen LogP contribution < -0.4 is 9.47 Å². The molecule has 0 bridgehead atoms. The summed E-state index contributed by atoms with van der Waals surface area (Å²) in [6, 6.07) is 12.3. The maximum atomic E-state index is 11.2. The number of hydrogen-bond donors (Lipinski definition) is 1. The molecule has 1 aliphatic heterocycles. The van der Waals surface area contributed by atoms with Gasteiger partial charge in [0.2, 0.25) is 0 Å². The zero-order chi connectivity index (χ0) is 22.0. The molecule has 2 saturated carbocycles. The molecular weight excluding hydrogens is 384 g/mol. The van der Waals surface area contributed by atoms with Gasteiger partial charge in [0.25, 0.3) is 0 Å². The molecule has 2 aliphatic carbocycles. The Labute approximate surface area is 185 Å². The van der Waals surface area contributed by atoms with Gasteiger partial charge in [-0.2, -0.15) is 0 Å². The number of allylic oxidation sites excluding steroid dienone is 2. The van der Waals surface area contributed by atoms with Crippen molar-refractivity contribution in [3.8, 4) is 17.2 Å². The molecule has 4 atom stereocenters. The van der Waals surface area contributed by atoms with Crippen LogP contribution in [0.25, 0.3) is 6.08 Å². The van der Waals surface area contributed by atoms with Crippen molar-refractivity contribution in [2.45, 2.75) is 51.0 Å². The van der Waals surface area contributed by atoms with Gasteiger partial charge in [-0.3, -0.25) is 0 Å². The predicted molar refractivity (Wildman–Crippen MR) is 125 cm³/mol. The average Bonchev–Trinajstić information content (AvgIpc) is 3.10. The van der Waals surface area contributed by atoms with Crippen LogP contribution in [-0.2, 0) is 11.8 Å². The Morgan fingerprint density at radius 2 is 1.97 bits per heavy atom. The number of rotatable bonds is 5. The number of ether oxygens (including phenoxy) is 2. The van der Waals surface area contributed by atoms with Gasteiger partial charge in [-0.25, -0.2) is 0 Å². The largest absolute Gasteiger partial charge is 0.504 e. The van der Waals surface area contributed by atoms with Crippen LogP contribution in [0.3, 0.4) is 0 Å². The molecule has 2 fully saturated rings. The molecule has 5 rings (SSSR count). The summed E-state index contributed by atoms with van der Waals surface area (Å²) in [5, 5.41) is 11.2. The quantitative estimate of drug-likeness (QED) is 0.582. The highest BCUT2D eigenvalue weighted by molar-refractivity contribution is 5.72. The van der Waals surface area contributed by atoms with Crippen molar-refractivity contribution in [2.75, 3.05) is 7.11 Å². The third-order valence-corrected chi connectivity index (χ3v) is 8.52. The summed E-state index contributed by atoms with van der Waals surface area (Å²) in [5.41, 5.74) is 2.46. The van der Waals surface area contributed by atoms with E-state index in [1.807, 2.05) is 30.3 Å². The first-order valence-electron chi connectivity index (χ1n) is 11.3. The molecule has 0 spiro atoms. The normalized spacial score (nSPS) is 32.0. The van der Waals surface area contributed by atoms with Crippen LogP contribution in [0.5, 0.6) is 17.2 Å². The Balaban J connectivity index is 1.63. The predicted octanol–water partition coefficient (Wildman–Crippen LogP) is 6.30. The Morgan fingerprint density at radius 1 is 1.23 bits per heavy atom. The molecule has 0 aromatic heterocycles. The summed E-state index contributed by atoms with van der Waals surface area (Å²) in [6.07, 6.45) is 9.15. The highest BCUT2D eigenvalue weighted by Crippen LogP contribution is 2.78. The van der Waals surface area contributed by atoms with Crippen LogP contribution in [-0.4, -0.2) is 17.8 Å². The van der Waals surface area contributed by atoms with Crippen molar-refractivity contribution < 1.29 is 14.6 Å². The zero-order valence-electron chi connectivity index (χ0n) is 18.9. The van der Waals surface area contributed by atoms with Gasteiger partial charge in [0.15, 0.2) is 11.5 Å². The van der Waals surface area contributed by atoms with Crippen LogP contribution in [0.1, 0.15) is 50.3 Å². The molecule has 1 heterocycles. The monoisotopic (exact) mass is 416 g/mol. The first kappa shape index (κ1) is 20.2. The lowest BCUT2D eigenvalue weighted by Crippen LogP contribution is -2.70. The number of benzene rings is 2. The summed E-state index contributed by atoms with van der Waals surface area (Å²) >= 11 is 0. The molecule has 2 aromatic rings. The molecule has 0 radical (unpaired) electrons. The summed E-state index contributed by atoms with van der Waals surface area (Å²) in [6.45, 7) is 11.2. The number of phenolic OH excluding ortho intramolecular Hbond substituents is 1. The molecule has 3 heteroatoms. The minimum atomic E-state index is -0.272. The van der Waals surface area contributed by atoms with Crippen LogP contribution in [0.15, 0.2) is 55.1 Å². The van der Waals surface area contributed by atoms with E-state index >= 15 is 0 Å². The molecule has 162 valence electrons. The lowest BCUT2D eigenvalue weighted by molar-refractivity contribution is -0.161. The van der Waals surface area contributed by atoms with E-state index in [9.17, 15) is 5.11 Å². The fraction of sp³-hybridized carbons (Fsp3) is 0.429. The van der Waals surface area contributed by atoms with Crippen molar-refractivity contribution in [1.82, 2.24) is 0 Å². The van der Waals surface area contributed by atoms with Crippen LogP contribution in [0.2, 0.25) is 0 Å². The lowest BCUT2D eigenvalue weighted by Gasteiger charge is -2.69. The Hall–Kier alpha value is -2.68. The van der Waals surface area contributed by atoms with E-state index in [0.717, 1.165) is 36.1 Å². The van der Waals surface area contributed by atoms with Crippen molar-refractivity contribution in [3.63, 3.8) is 0 Å². The Morgan fingerprint density at radius 3 is 2.65 bits per heavy atom. The molecule has 3 aliphatic rings. The van der Waals surface area contributed by atoms with Crippen LogP contribution in [0.4, 0.5) is 0 Å². The second-order valence-corrected chi connectivity index (χ2v) is 10.1. The minimum absolute atomic E-state index is 0.0279.